The predicted molar refractivity (Wildman–Crippen MR) is 67.0 cm³/mol. The highest BCUT2D eigenvalue weighted by molar-refractivity contribution is 5.91. The highest BCUT2D eigenvalue weighted by Crippen LogP contribution is 2.16. The van der Waals surface area contributed by atoms with Crippen LogP contribution in [0.2, 0.25) is 0 Å². The van der Waals surface area contributed by atoms with Crippen LogP contribution in [0.15, 0.2) is 10.7 Å². The third kappa shape index (κ3) is 4.46. The second kappa shape index (κ2) is 7.84. The van der Waals surface area contributed by atoms with E-state index < -0.39 is 0 Å². The molecular weight excluding hydrogens is 234 g/mol. The van der Waals surface area contributed by atoms with E-state index in [4.69, 9.17) is 15.3 Å². The van der Waals surface area contributed by atoms with Crippen LogP contribution in [0.25, 0.3) is 0 Å². The van der Waals surface area contributed by atoms with Crippen molar-refractivity contribution < 1.29 is 14.3 Å². The normalized spacial score (nSPS) is 12.4. The van der Waals surface area contributed by atoms with Gasteiger partial charge in [0.1, 0.15) is 6.26 Å². The van der Waals surface area contributed by atoms with Crippen LogP contribution < -0.4 is 11.1 Å². The molecule has 6 heteroatoms. The second-order valence-electron chi connectivity index (χ2n) is 4.15. The van der Waals surface area contributed by atoms with Gasteiger partial charge < -0.3 is 20.6 Å². The molecule has 1 unspecified atom stereocenters. The summed E-state index contributed by atoms with van der Waals surface area (Å²) in [6.45, 7) is 2.55. The number of nitrogens with two attached hydrogens (primary N) is 1. The summed E-state index contributed by atoms with van der Waals surface area (Å²) < 4.78 is 5.20. The van der Waals surface area contributed by atoms with Crippen LogP contribution >= 0.6 is 0 Å². The molecule has 0 saturated carbocycles. The molecule has 0 radical (unpaired) electrons. The third-order valence-electron chi connectivity index (χ3n) is 2.56. The van der Waals surface area contributed by atoms with Crippen LogP contribution in [-0.4, -0.2) is 29.1 Å². The van der Waals surface area contributed by atoms with E-state index in [0.717, 1.165) is 19.3 Å². The molecule has 18 heavy (non-hydrogen) atoms. The maximum absolute atomic E-state index is 11.6. The van der Waals surface area contributed by atoms with Gasteiger partial charge in [-0.3, -0.25) is 4.79 Å². The van der Waals surface area contributed by atoms with Gasteiger partial charge in [-0.2, -0.15) is 0 Å². The quantitative estimate of drug-likeness (QED) is 0.601. The minimum atomic E-state index is -0.304. The van der Waals surface area contributed by atoms with E-state index in [-0.39, 0.29) is 24.2 Å². The number of aliphatic hydroxyl groups excluding tert-OH is 1. The van der Waals surface area contributed by atoms with Gasteiger partial charge in [0.25, 0.3) is 5.91 Å². The molecule has 0 spiro atoms. The lowest BCUT2D eigenvalue weighted by Gasteiger charge is -2.05. The van der Waals surface area contributed by atoms with Crippen molar-refractivity contribution in [2.75, 3.05) is 13.2 Å². The maximum Gasteiger partial charge on any atom is 0.273 e. The number of aliphatic hydroxyl groups is 1. The van der Waals surface area contributed by atoms with Crippen molar-refractivity contribution in [1.82, 2.24) is 10.3 Å². The van der Waals surface area contributed by atoms with Crippen LogP contribution in [-0.2, 0) is 0 Å². The Hall–Kier alpha value is -1.40. The van der Waals surface area contributed by atoms with Crippen molar-refractivity contribution in [2.45, 2.75) is 38.6 Å². The van der Waals surface area contributed by atoms with Gasteiger partial charge in [-0.1, -0.05) is 19.8 Å². The summed E-state index contributed by atoms with van der Waals surface area (Å²) in [7, 11) is 0. The molecular formula is C12H21N3O3. The zero-order valence-corrected chi connectivity index (χ0v) is 10.7. The number of nitrogens with one attached hydrogen (secondary N) is 1. The minimum absolute atomic E-state index is 0.0479. The van der Waals surface area contributed by atoms with Crippen molar-refractivity contribution >= 4 is 5.91 Å². The molecule has 1 rings (SSSR count). The number of aromatic nitrogens is 1. The van der Waals surface area contributed by atoms with Gasteiger partial charge in [0.05, 0.1) is 6.04 Å². The molecule has 1 atom stereocenters. The smallest absolute Gasteiger partial charge is 0.273 e. The van der Waals surface area contributed by atoms with Crippen LogP contribution in [0, 0.1) is 0 Å². The molecule has 1 aromatic rings. The van der Waals surface area contributed by atoms with Crippen LogP contribution in [0.3, 0.4) is 0 Å². The van der Waals surface area contributed by atoms with Crippen molar-refractivity contribution in [3.63, 3.8) is 0 Å². The first-order valence-electron chi connectivity index (χ1n) is 6.29. The Balaban J connectivity index is 2.48. The molecule has 0 bridgehead atoms. The Morgan fingerprint density at radius 3 is 3.06 bits per heavy atom. The van der Waals surface area contributed by atoms with Crippen molar-refractivity contribution in [1.29, 1.82) is 0 Å². The summed E-state index contributed by atoms with van der Waals surface area (Å²) in [6, 6.07) is -0.260. The largest absolute Gasteiger partial charge is 0.446 e. The monoisotopic (exact) mass is 255 g/mol. The number of hydrogen-bond donors (Lipinski definition) is 3. The fourth-order valence-corrected chi connectivity index (χ4v) is 1.48. The predicted octanol–water partition coefficient (Wildman–Crippen LogP) is 0.977. The summed E-state index contributed by atoms with van der Waals surface area (Å²) >= 11 is 0. The fourth-order valence-electron chi connectivity index (χ4n) is 1.48. The van der Waals surface area contributed by atoms with Crippen molar-refractivity contribution in [2.24, 2.45) is 5.73 Å². The number of oxazole rings is 1. The SMILES string of the molecule is CCCCC(N)c1nc(C(=O)NCCCO)co1. The van der Waals surface area contributed by atoms with Gasteiger partial charge >= 0.3 is 0 Å². The standard InChI is InChI=1S/C12H21N3O3/c1-2-3-5-9(13)12-15-10(8-18-12)11(17)14-6-4-7-16/h8-9,16H,2-7,13H2,1H3,(H,14,17). The Morgan fingerprint density at radius 2 is 2.39 bits per heavy atom. The average Bonchev–Trinajstić information content (AvgIpc) is 2.85. The molecule has 0 aromatic carbocycles. The molecule has 0 aliphatic rings. The first kappa shape index (κ1) is 14.7. The third-order valence-corrected chi connectivity index (χ3v) is 2.56. The number of rotatable bonds is 8. The average molecular weight is 255 g/mol. The molecule has 0 fully saturated rings. The molecule has 1 heterocycles. The summed E-state index contributed by atoms with van der Waals surface area (Å²) in [5, 5.41) is 11.2. The van der Waals surface area contributed by atoms with E-state index in [1.807, 2.05) is 0 Å². The van der Waals surface area contributed by atoms with Crippen molar-refractivity contribution in [3.05, 3.63) is 17.8 Å². The Bertz CT molecular complexity index is 365. The Labute approximate surface area is 107 Å². The van der Waals surface area contributed by atoms with E-state index in [2.05, 4.69) is 17.2 Å². The maximum atomic E-state index is 11.6. The number of carbonyl (C=O) groups excluding carboxylic acids is 1. The van der Waals surface area contributed by atoms with Gasteiger partial charge in [-0.15, -0.1) is 0 Å². The number of amides is 1. The van der Waals surface area contributed by atoms with Gasteiger partial charge in [0.15, 0.2) is 5.69 Å². The molecule has 1 aromatic heterocycles. The minimum Gasteiger partial charge on any atom is -0.446 e. The van der Waals surface area contributed by atoms with Gasteiger partial charge in [0, 0.05) is 13.2 Å². The Kier molecular flexibility index (Phi) is 6.38. The molecule has 6 nitrogen and oxygen atoms in total. The van der Waals surface area contributed by atoms with Gasteiger partial charge in [0.2, 0.25) is 5.89 Å². The van der Waals surface area contributed by atoms with E-state index >= 15 is 0 Å². The molecule has 0 aliphatic heterocycles. The molecule has 0 saturated heterocycles. The van der Waals surface area contributed by atoms with E-state index in [9.17, 15) is 4.79 Å². The summed E-state index contributed by atoms with van der Waals surface area (Å²) in [5.74, 6) is 0.0944. The topological polar surface area (TPSA) is 101 Å². The number of hydrogen-bond acceptors (Lipinski definition) is 5. The van der Waals surface area contributed by atoms with Crippen LogP contribution in [0.1, 0.15) is 55.0 Å². The molecule has 0 aliphatic carbocycles. The highest BCUT2D eigenvalue weighted by Gasteiger charge is 2.16. The van der Waals surface area contributed by atoms with E-state index in [0.29, 0.717) is 18.9 Å². The lowest BCUT2D eigenvalue weighted by Crippen LogP contribution is -2.25. The van der Waals surface area contributed by atoms with Crippen LogP contribution in [0.5, 0.6) is 0 Å². The summed E-state index contributed by atoms with van der Waals surface area (Å²) in [5.41, 5.74) is 6.13. The molecule has 102 valence electrons. The first-order valence-corrected chi connectivity index (χ1v) is 6.29. The molecule has 4 N–H and O–H groups in total. The Morgan fingerprint density at radius 1 is 1.61 bits per heavy atom. The van der Waals surface area contributed by atoms with E-state index in [1.54, 1.807) is 0 Å². The number of nitrogens with zero attached hydrogens (tertiary/aromatic N) is 1. The lowest BCUT2D eigenvalue weighted by molar-refractivity contribution is 0.0946. The first-order chi connectivity index (χ1) is 8.69. The summed E-state index contributed by atoms with van der Waals surface area (Å²) in [4.78, 5) is 15.7. The summed E-state index contributed by atoms with van der Waals surface area (Å²) in [6.07, 6.45) is 4.69. The number of carbonyl (C=O) groups is 1. The lowest BCUT2D eigenvalue weighted by atomic mass is 10.1. The number of unbranched alkanes of at least 4 members (excludes halogenated alkanes) is 1. The van der Waals surface area contributed by atoms with Gasteiger partial charge in [-0.05, 0) is 12.8 Å². The second-order valence-corrected chi connectivity index (χ2v) is 4.15. The van der Waals surface area contributed by atoms with Gasteiger partial charge in [-0.25, -0.2) is 4.98 Å². The molecule has 1 amide bonds. The van der Waals surface area contributed by atoms with E-state index in [1.165, 1.54) is 6.26 Å². The van der Waals surface area contributed by atoms with Crippen molar-refractivity contribution in [3.8, 4) is 0 Å². The highest BCUT2D eigenvalue weighted by atomic mass is 16.3. The zero-order chi connectivity index (χ0) is 13.4. The fraction of sp³-hybridized carbons (Fsp3) is 0.667. The zero-order valence-electron chi connectivity index (χ0n) is 10.7. The van der Waals surface area contributed by atoms with Crippen LogP contribution in [0.4, 0.5) is 0 Å².